The molecule has 3 rings (SSSR count). The zero-order valence-corrected chi connectivity index (χ0v) is 19.8. The molecule has 0 spiro atoms. The molecule has 3 aromatic carbocycles. The Morgan fingerprint density at radius 3 is 2.23 bits per heavy atom. The van der Waals surface area contributed by atoms with Crippen molar-refractivity contribution in [2.24, 2.45) is 0 Å². The van der Waals surface area contributed by atoms with E-state index in [0.29, 0.717) is 16.6 Å². The van der Waals surface area contributed by atoms with E-state index < -0.39 is 30.8 Å². The number of benzene rings is 3. The van der Waals surface area contributed by atoms with Crippen molar-refractivity contribution >= 4 is 30.8 Å². The number of hydrogen-bond acceptors (Lipinski definition) is 5. The van der Waals surface area contributed by atoms with Crippen molar-refractivity contribution in [1.82, 2.24) is 0 Å². The maximum absolute atomic E-state index is 12.6. The molecule has 0 radical (unpaired) electrons. The van der Waals surface area contributed by atoms with E-state index in [0.717, 1.165) is 16.7 Å². The first-order valence-electron chi connectivity index (χ1n) is 9.56. The standard InChI is InChI=1S/C23H25IO5S/c1-3-23(28-17-19-9-5-4-6-10-19)21-11-7-8-12-22(21)24(25)29-30(26,27)20-15-13-18(2)14-16-20/h4-16,23,25H,3,17H2,1-2H3/t23-/m0/s1. The van der Waals surface area contributed by atoms with E-state index in [9.17, 15) is 11.9 Å². The van der Waals surface area contributed by atoms with Crippen LogP contribution in [0, 0.1) is 10.5 Å². The molecule has 0 fully saturated rings. The van der Waals surface area contributed by atoms with E-state index in [-0.39, 0.29) is 11.0 Å². The van der Waals surface area contributed by atoms with Crippen molar-refractivity contribution in [1.29, 1.82) is 0 Å². The van der Waals surface area contributed by atoms with E-state index in [1.807, 2.05) is 56.3 Å². The molecule has 0 unspecified atom stereocenters. The molecule has 0 aromatic heterocycles. The molecule has 0 bridgehead atoms. The Kier molecular flexibility index (Phi) is 8.01. The Hall–Kier alpha value is -1.78. The fourth-order valence-corrected chi connectivity index (χ4v) is 7.83. The summed E-state index contributed by atoms with van der Waals surface area (Å²) in [5, 5.41) is 0. The van der Waals surface area contributed by atoms with Gasteiger partial charge in [0.1, 0.15) is 0 Å². The SMILES string of the molecule is CC[C@H](OCc1ccccc1)c1ccccc1I(O)OS(=O)(=O)c1ccc(C)cc1. The van der Waals surface area contributed by atoms with E-state index >= 15 is 0 Å². The van der Waals surface area contributed by atoms with Crippen LogP contribution in [-0.2, 0) is 24.0 Å². The molecular formula is C23H25IO5S. The normalized spacial score (nSPS) is 13.1. The van der Waals surface area contributed by atoms with Gasteiger partial charge in [0.25, 0.3) is 0 Å². The molecule has 1 N–H and O–H groups in total. The minimum absolute atomic E-state index is 0.0364. The maximum atomic E-state index is 12.6. The summed E-state index contributed by atoms with van der Waals surface area (Å²) in [5.41, 5.74) is 2.76. The van der Waals surface area contributed by atoms with Gasteiger partial charge in [0.15, 0.2) is 0 Å². The summed E-state index contributed by atoms with van der Waals surface area (Å²) in [6.45, 7) is 4.29. The number of aryl methyl sites for hydroxylation is 1. The van der Waals surface area contributed by atoms with E-state index in [2.05, 4.69) is 0 Å². The first kappa shape index (κ1) is 22.9. The molecule has 0 aliphatic carbocycles. The summed E-state index contributed by atoms with van der Waals surface area (Å²) in [6.07, 6.45) is 0.400. The van der Waals surface area contributed by atoms with E-state index in [1.165, 1.54) is 12.1 Å². The van der Waals surface area contributed by atoms with Crippen LogP contribution in [0.5, 0.6) is 0 Å². The van der Waals surface area contributed by atoms with Crippen molar-refractivity contribution in [2.75, 3.05) is 0 Å². The van der Waals surface area contributed by atoms with Crippen LogP contribution in [0.15, 0.2) is 83.8 Å². The predicted molar refractivity (Wildman–Crippen MR) is 125 cm³/mol. The van der Waals surface area contributed by atoms with Crippen molar-refractivity contribution in [3.8, 4) is 0 Å². The van der Waals surface area contributed by atoms with Crippen LogP contribution in [0.3, 0.4) is 0 Å². The second-order valence-electron chi connectivity index (χ2n) is 6.78. The molecule has 30 heavy (non-hydrogen) atoms. The van der Waals surface area contributed by atoms with Crippen molar-refractivity contribution in [3.63, 3.8) is 0 Å². The first-order valence-corrected chi connectivity index (χ1v) is 13.9. The number of halogens is 1. The summed E-state index contributed by atoms with van der Waals surface area (Å²) in [6, 6.07) is 23.4. The van der Waals surface area contributed by atoms with Crippen LogP contribution < -0.4 is 0 Å². The average molecular weight is 540 g/mol. The molecule has 0 aliphatic heterocycles. The van der Waals surface area contributed by atoms with Gasteiger partial charge < -0.3 is 0 Å². The van der Waals surface area contributed by atoms with E-state index in [1.54, 1.807) is 24.3 Å². The van der Waals surface area contributed by atoms with Gasteiger partial charge in [-0.2, -0.15) is 0 Å². The Morgan fingerprint density at radius 2 is 1.57 bits per heavy atom. The Balaban J connectivity index is 1.79. The third-order valence-corrected chi connectivity index (χ3v) is 10.1. The Labute approximate surface area is 186 Å². The van der Waals surface area contributed by atoms with Crippen LogP contribution in [-0.4, -0.2) is 11.9 Å². The zero-order valence-electron chi connectivity index (χ0n) is 16.9. The van der Waals surface area contributed by atoms with Crippen molar-refractivity contribution in [2.45, 2.75) is 37.9 Å². The molecular weight excluding hydrogens is 515 g/mol. The second-order valence-corrected chi connectivity index (χ2v) is 11.8. The van der Waals surface area contributed by atoms with Gasteiger partial charge in [0.05, 0.1) is 0 Å². The van der Waals surface area contributed by atoms with Gasteiger partial charge in [0, 0.05) is 0 Å². The molecule has 160 valence electrons. The van der Waals surface area contributed by atoms with Crippen LogP contribution in [0.25, 0.3) is 0 Å². The summed E-state index contributed by atoms with van der Waals surface area (Å²) < 4.78 is 47.9. The third kappa shape index (κ3) is 5.89. The summed E-state index contributed by atoms with van der Waals surface area (Å²) in [4.78, 5) is 0.0364. The summed E-state index contributed by atoms with van der Waals surface area (Å²) in [7, 11) is -4.05. The Bertz CT molecular complexity index is 1050. The van der Waals surface area contributed by atoms with Crippen LogP contribution in [0.2, 0.25) is 0 Å². The van der Waals surface area contributed by atoms with Gasteiger partial charge in [-0.05, 0) is 0 Å². The first-order chi connectivity index (χ1) is 14.4. The van der Waals surface area contributed by atoms with Gasteiger partial charge in [-0.1, -0.05) is 0 Å². The number of rotatable bonds is 9. The topological polar surface area (TPSA) is 72.8 Å². The quantitative estimate of drug-likeness (QED) is 0.360. The van der Waals surface area contributed by atoms with Gasteiger partial charge in [-0.15, -0.1) is 0 Å². The van der Waals surface area contributed by atoms with Gasteiger partial charge in [-0.25, -0.2) is 0 Å². The number of hydrogen-bond donors (Lipinski definition) is 1. The Morgan fingerprint density at radius 1 is 0.933 bits per heavy atom. The molecule has 5 nitrogen and oxygen atoms in total. The molecule has 7 heteroatoms. The van der Waals surface area contributed by atoms with Crippen LogP contribution in [0.4, 0.5) is 0 Å². The van der Waals surface area contributed by atoms with Crippen LogP contribution >= 0.6 is 20.6 Å². The predicted octanol–water partition coefficient (Wildman–Crippen LogP) is 5.57. The fraction of sp³-hybridized carbons (Fsp3) is 0.217. The zero-order chi connectivity index (χ0) is 21.6. The molecule has 0 amide bonds. The molecule has 3 aromatic rings. The van der Waals surface area contributed by atoms with Crippen molar-refractivity contribution < 1.29 is 19.1 Å². The summed E-state index contributed by atoms with van der Waals surface area (Å²) in [5.74, 6) is 0. The van der Waals surface area contributed by atoms with Gasteiger partial charge in [0.2, 0.25) is 0 Å². The third-order valence-electron chi connectivity index (χ3n) is 4.54. The summed E-state index contributed by atoms with van der Waals surface area (Å²) >= 11 is -3.45. The van der Waals surface area contributed by atoms with E-state index in [4.69, 9.17) is 7.25 Å². The molecule has 0 aliphatic rings. The minimum atomic E-state index is -4.05. The number of ether oxygens (including phenoxy) is 1. The molecule has 1 atom stereocenters. The van der Waals surface area contributed by atoms with Gasteiger partial charge >= 0.3 is 187 Å². The average Bonchev–Trinajstić information content (AvgIpc) is 2.75. The van der Waals surface area contributed by atoms with Crippen LogP contribution in [0.1, 0.15) is 36.1 Å². The molecule has 0 saturated carbocycles. The monoisotopic (exact) mass is 540 g/mol. The second kappa shape index (κ2) is 10.5. The van der Waals surface area contributed by atoms with Gasteiger partial charge in [-0.3, -0.25) is 0 Å². The molecule has 0 heterocycles. The molecule has 0 saturated heterocycles. The fourth-order valence-electron chi connectivity index (χ4n) is 2.94. The van der Waals surface area contributed by atoms with Crippen molar-refractivity contribution in [3.05, 3.63) is 99.1 Å².